The van der Waals surface area contributed by atoms with E-state index in [1.807, 2.05) is 51.1 Å². The molecular weight excluding hydrogens is 452 g/mol. The first-order valence-corrected chi connectivity index (χ1v) is 11.9. The molecule has 0 aromatic heterocycles. The van der Waals surface area contributed by atoms with Crippen molar-refractivity contribution >= 4 is 39.8 Å². The van der Waals surface area contributed by atoms with E-state index in [9.17, 15) is 4.79 Å². The zero-order valence-corrected chi connectivity index (χ0v) is 20.1. The van der Waals surface area contributed by atoms with E-state index in [1.54, 1.807) is 18.2 Å². The maximum Gasteiger partial charge on any atom is 0.283 e. The standard InChI is InChI=1S/C25H26N4O4S/c1-4-22-28-29-23(26)19(24(30)27-25(29)34-22)14-17-9-10-20(21(15-17)31-5-2)33-12-11-32-18-8-6-7-16(3)13-18/h6-10,13-15,26H,4-5,11-12H2,1-3H3/b19-14-,26-23?. The lowest BCUT2D eigenvalue weighted by molar-refractivity contribution is -0.114. The second-order valence-corrected chi connectivity index (χ2v) is 8.56. The van der Waals surface area contributed by atoms with Crippen molar-refractivity contribution in [2.45, 2.75) is 27.2 Å². The lowest BCUT2D eigenvalue weighted by Gasteiger charge is -2.20. The fourth-order valence-electron chi connectivity index (χ4n) is 3.36. The molecule has 8 nitrogen and oxygen atoms in total. The summed E-state index contributed by atoms with van der Waals surface area (Å²) in [5.74, 6) is 1.48. The highest BCUT2D eigenvalue weighted by Crippen LogP contribution is 2.32. The van der Waals surface area contributed by atoms with Crippen LogP contribution in [-0.4, -0.2) is 46.8 Å². The van der Waals surface area contributed by atoms with Crippen LogP contribution < -0.4 is 14.2 Å². The third kappa shape index (κ3) is 5.31. The van der Waals surface area contributed by atoms with Crippen molar-refractivity contribution in [2.24, 2.45) is 10.1 Å². The van der Waals surface area contributed by atoms with Gasteiger partial charge in [-0.15, -0.1) is 0 Å². The topological polar surface area (TPSA) is 96.6 Å². The molecule has 2 heterocycles. The van der Waals surface area contributed by atoms with Crippen molar-refractivity contribution in [3.05, 3.63) is 59.2 Å². The smallest absolute Gasteiger partial charge is 0.283 e. The van der Waals surface area contributed by atoms with Crippen LogP contribution in [0, 0.1) is 12.3 Å². The summed E-state index contributed by atoms with van der Waals surface area (Å²) in [6.07, 6.45) is 2.35. The number of rotatable bonds is 9. The zero-order chi connectivity index (χ0) is 24.1. The van der Waals surface area contributed by atoms with E-state index in [1.165, 1.54) is 16.8 Å². The van der Waals surface area contributed by atoms with Crippen molar-refractivity contribution in [3.8, 4) is 17.2 Å². The van der Waals surface area contributed by atoms with Crippen molar-refractivity contribution in [1.82, 2.24) is 5.01 Å². The minimum absolute atomic E-state index is 0.0116. The van der Waals surface area contributed by atoms with Crippen LogP contribution in [-0.2, 0) is 4.79 Å². The van der Waals surface area contributed by atoms with Crippen molar-refractivity contribution in [2.75, 3.05) is 19.8 Å². The molecule has 0 aliphatic carbocycles. The van der Waals surface area contributed by atoms with Crippen LogP contribution in [0.2, 0.25) is 0 Å². The summed E-state index contributed by atoms with van der Waals surface area (Å²) < 4.78 is 17.4. The highest BCUT2D eigenvalue weighted by atomic mass is 32.2. The fourth-order valence-corrected chi connectivity index (χ4v) is 4.18. The van der Waals surface area contributed by atoms with E-state index in [-0.39, 0.29) is 11.4 Å². The predicted octanol–water partition coefficient (Wildman–Crippen LogP) is 4.88. The van der Waals surface area contributed by atoms with E-state index in [0.29, 0.717) is 42.1 Å². The summed E-state index contributed by atoms with van der Waals surface area (Å²) in [5, 5.41) is 15.5. The largest absolute Gasteiger partial charge is 0.490 e. The Hall–Kier alpha value is -3.59. The molecule has 0 saturated heterocycles. The molecule has 176 valence electrons. The first kappa shape index (κ1) is 23.6. The number of nitrogens with zero attached hydrogens (tertiary/aromatic N) is 3. The Morgan fingerprint density at radius 2 is 1.88 bits per heavy atom. The van der Waals surface area contributed by atoms with Gasteiger partial charge >= 0.3 is 0 Å². The number of aryl methyl sites for hydroxylation is 1. The van der Waals surface area contributed by atoms with Gasteiger partial charge in [-0.05, 0) is 73.5 Å². The lowest BCUT2D eigenvalue weighted by Crippen LogP contribution is -2.35. The van der Waals surface area contributed by atoms with Gasteiger partial charge in [0.2, 0.25) is 5.17 Å². The first-order valence-electron chi connectivity index (χ1n) is 11.1. The number of amidine groups is 2. The molecule has 1 amide bonds. The Kier molecular flexibility index (Phi) is 7.32. The quantitative estimate of drug-likeness (QED) is 0.408. The summed E-state index contributed by atoms with van der Waals surface area (Å²) in [6.45, 7) is 7.07. The van der Waals surface area contributed by atoms with Crippen LogP contribution in [0.5, 0.6) is 17.2 Å². The summed E-state index contributed by atoms with van der Waals surface area (Å²) in [5.41, 5.74) is 2.01. The average molecular weight is 479 g/mol. The summed E-state index contributed by atoms with van der Waals surface area (Å²) >= 11 is 1.32. The van der Waals surface area contributed by atoms with Gasteiger partial charge in [-0.2, -0.15) is 15.1 Å². The van der Waals surface area contributed by atoms with Gasteiger partial charge in [-0.3, -0.25) is 10.2 Å². The minimum atomic E-state index is -0.456. The number of hydrogen-bond acceptors (Lipinski definition) is 7. The number of carbonyl (C=O) groups is 1. The number of aliphatic imine (C=N–C) groups is 1. The molecule has 2 aromatic carbocycles. The third-order valence-electron chi connectivity index (χ3n) is 4.98. The normalized spacial score (nSPS) is 16.3. The first-order chi connectivity index (χ1) is 16.5. The van der Waals surface area contributed by atoms with Gasteiger partial charge in [-0.25, -0.2) is 0 Å². The Bertz CT molecular complexity index is 1210. The Morgan fingerprint density at radius 3 is 2.65 bits per heavy atom. The van der Waals surface area contributed by atoms with Gasteiger partial charge in [0.25, 0.3) is 5.91 Å². The Morgan fingerprint density at radius 1 is 1.06 bits per heavy atom. The van der Waals surface area contributed by atoms with E-state index < -0.39 is 5.91 Å². The van der Waals surface area contributed by atoms with Crippen LogP contribution in [0.4, 0.5) is 0 Å². The molecule has 9 heteroatoms. The van der Waals surface area contributed by atoms with Gasteiger partial charge in [0.15, 0.2) is 17.3 Å². The number of hydrogen-bond donors (Lipinski definition) is 1. The molecule has 1 N–H and O–H groups in total. The number of ether oxygens (including phenoxy) is 3. The molecule has 0 fully saturated rings. The molecule has 2 aliphatic heterocycles. The number of amides is 1. The predicted molar refractivity (Wildman–Crippen MR) is 135 cm³/mol. The van der Waals surface area contributed by atoms with Crippen LogP contribution >= 0.6 is 11.8 Å². The number of benzene rings is 2. The molecule has 34 heavy (non-hydrogen) atoms. The van der Waals surface area contributed by atoms with Gasteiger partial charge < -0.3 is 14.2 Å². The Labute approximate surface area is 202 Å². The van der Waals surface area contributed by atoms with Crippen molar-refractivity contribution in [3.63, 3.8) is 0 Å². The zero-order valence-electron chi connectivity index (χ0n) is 19.3. The molecule has 2 aromatic rings. The maximum absolute atomic E-state index is 12.6. The van der Waals surface area contributed by atoms with Gasteiger partial charge in [0, 0.05) is 0 Å². The van der Waals surface area contributed by atoms with Crippen LogP contribution in [0.25, 0.3) is 6.08 Å². The van der Waals surface area contributed by atoms with Crippen LogP contribution in [0.3, 0.4) is 0 Å². The second kappa shape index (κ2) is 10.6. The minimum Gasteiger partial charge on any atom is -0.490 e. The maximum atomic E-state index is 12.6. The number of carbonyl (C=O) groups excluding carboxylic acids is 1. The van der Waals surface area contributed by atoms with E-state index >= 15 is 0 Å². The summed E-state index contributed by atoms with van der Waals surface area (Å²) in [7, 11) is 0. The highest BCUT2D eigenvalue weighted by Gasteiger charge is 2.35. The van der Waals surface area contributed by atoms with Crippen molar-refractivity contribution < 1.29 is 19.0 Å². The molecule has 4 rings (SSSR count). The summed E-state index contributed by atoms with van der Waals surface area (Å²) in [4.78, 5) is 16.7. The number of fused-ring (bicyclic) bond motifs is 1. The molecule has 0 bridgehead atoms. The monoisotopic (exact) mass is 478 g/mol. The molecular formula is C25H26N4O4S. The van der Waals surface area contributed by atoms with Crippen LogP contribution in [0.15, 0.2) is 58.1 Å². The van der Waals surface area contributed by atoms with E-state index in [4.69, 9.17) is 19.6 Å². The van der Waals surface area contributed by atoms with E-state index in [0.717, 1.165) is 22.8 Å². The Balaban J connectivity index is 1.46. The second-order valence-electron chi connectivity index (χ2n) is 7.52. The number of thioether (sulfide) groups is 1. The van der Waals surface area contributed by atoms with Gasteiger partial charge in [0.05, 0.1) is 12.2 Å². The lowest BCUT2D eigenvalue weighted by atomic mass is 10.1. The molecule has 0 unspecified atom stereocenters. The fraction of sp³-hybridized carbons (Fsp3) is 0.280. The molecule has 0 atom stereocenters. The van der Waals surface area contributed by atoms with Gasteiger partial charge in [0.1, 0.15) is 24.0 Å². The van der Waals surface area contributed by atoms with Crippen LogP contribution in [0.1, 0.15) is 31.4 Å². The highest BCUT2D eigenvalue weighted by molar-refractivity contribution is 8.26. The molecule has 0 spiro atoms. The molecule has 2 aliphatic rings. The average Bonchev–Trinajstić information content (AvgIpc) is 3.24. The third-order valence-corrected chi connectivity index (χ3v) is 6.03. The number of hydrazone groups is 1. The summed E-state index contributed by atoms with van der Waals surface area (Å²) in [6, 6.07) is 13.2. The van der Waals surface area contributed by atoms with E-state index in [2.05, 4.69) is 10.1 Å². The number of nitrogens with one attached hydrogen (secondary N) is 1. The molecule has 0 saturated carbocycles. The SMILES string of the molecule is CCOc1cc(/C=C2/C(=N)N3N=C(CC)SC3=NC2=O)ccc1OCCOc1cccc(C)c1. The molecule has 0 radical (unpaired) electrons. The van der Waals surface area contributed by atoms with Crippen molar-refractivity contribution in [1.29, 1.82) is 5.41 Å². The van der Waals surface area contributed by atoms with Gasteiger partial charge in [-0.1, -0.05) is 25.1 Å².